The Hall–Kier alpha value is -1.81. The normalized spacial score (nSPS) is 10.9. The summed E-state index contributed by atoms with van der Waals surface area (Å²) in [6, 6.07) is 8.06. The number of aromatic amines is 1. The Labute approximate surface area is 103 Å². The molecule has 0 amide bonds. The fourth-order valence-corrected chi connectivity index (χ4v) is 2.35. The van der Waals surface area contributed by atoms with Gasteiger partial charge in [-0.3, -0.25) is 0 Å². The van der Waals surface area contributed by atoms with Crippen LogP contribution in [0.1, 0.15) is 10.7 Å². The zero-order valence-corrected chi connectivity index (χ0v) is 10.3. The van der Waals surface area contributed by atoms with Crippen molar-refractivity contribution in [2.45, 2.75) is 13.5 Å². The second-order valence-electron chi connectivity index (χ2n) is 3.87. The van der Waals surface area contributed by atoms with Crippen molar-refractivity contribution in [1.82, 2.24) is 9.97 Å². The van der Waals surface area contributed by atoms with E-state index >= 15 is 0 Å². The maximum absolute atomic E-state index is 5.71. The number of rotatable bonds is 3. The molecule has 0 aliphatic heterocycles. The molecule has 1 N–H and O–H groups in total. The van der Waals surface area contributed by atoms with Crippen LogP contribution in [0.15, 0.2) is 35.8 Å². The first kappa shape index (κ1) is 10.4. The van der Waals surface area contributed by atoms with Crippen molar-refractivity contribution in [1.29, 1.82) is 0 Å². The van der Waals surface area contributed by atoms with Crippen molar-refractivity contribution in [2.75, 3.05) is 0 Å². The average Bonchev–Trinajstić information content (AvgIpc) is 2.94. The van der Waals surface area contributed by atoms with E-state index in [2.05, 4.69) is 9.97 Å². The minimum atomic E-state index is 0.528. The monoisotopic (exact) mass is 244 g/mol. The molecule has 3 nitrogen and oxygen atoms in total. The molecular formula is C13H12N2OS. The van der Waals surface area contributed by atoms with Crippen molar-refractivity contribution >= 4 is 22.2 Å². The molecule has 0 saturated heterocycles. The Morgan fingerprint density at radius 2 is 2.29 bits per heavy atom. The summed E-state index contributed by atoms with van der Waals surface area (Å²) in [5.41, 5.74) is 2.11. The number of H-pyrrole nitrogens is 1. The topological polar surface area (TPSA) is 37.9 Å². The van der Waals surface area contributed by atoms with Crippen molar-refractivity contribution in [3.8, 4) is 5.75 Å². The quantitative estimate of drug-likeness (QED) is 0.765. The number of fused-ring (bicyclic) bond motifs is 1. The van der Waals surface area contributed by atoms with E-state index in [4.69, 9.17) is 4.74 Å². The first-order valence-electron chi connectivity index (χ1n) is 5.42. The van der Waals surface area contributed by atoms with Gasteiger partial charge in [0.1, 0.15) is 12.4 Å². The number of hydrogen-bond acceptors (Lipinski definition) is 3. The van der Waals surface area contributed by atoms with Gasteiger partial charge in [-0.05, 0) is 31.2 Å². The maximum atomic E-state index is 5.71. The fraction of sp³-hybridized carbons (Fsp3) is 0.154. The number of nitrogens with zero attached hydrogens (tertiary/aromatic N) is 1. The van der Waals surface area contributed by atoms with Gasteiger partial charge in [0.2, 0.25) is 0 Å². The number of ether oxygens (including phenoxy) is 1. The highest BCUT2D eigenvalue weighted by Crippen LogP contribution is 2.20. The first-order chi connectivity index (χ1) is 8.31. The average molecular weight is 244 g/mol. The van der Waals surface area contributed by atoms with Crippen LogP contribution in [0.2, 0.25) is 0 Å². The number of hydrogen-bond donors (Lipinski definition) is 1. The summed E-state index contributed by atoms with van der Waals surface area (Å²) in [6.45, 7) is 2.53. The summed E-state index contributed by atoms with van der Waals surface area (Å²) in [5, 5.41) is 4.27. The number of aromatic nitrogens is 2. The van der Waals surface area contributed by atoms with E-state index in [1.807, 2.05) is 42.8 Å². The molecule has 3 aromatic rings. The molecule has 0 aliphatic carbocycles. The Balaban J connectivity index is 1.76. The van der Waals surface area contributed by atoms with Gasteiger partial charge in [0, 0.05) is 22.5 Å². The van der Waals surface area contributed by atoms with Crippen LogP contribution in [0.25, 0.3) is 10.9 Å². The highest BCUT2D eigenvalue weighted by atomic mass is 32.1. The molecular weight excluding hydrogens is 232 g/mol. The third-order valence-electron chi connectivity index (χ3n) is 2.58. The lowest BCUT2D eigenvalue weighted by molar-refractivity contribution is 0.302. The van der Waals surface area contributed by atoms with Gasteiger partial charge in [-0.2, -0.15) is 0 Å². The summed E-state index contributed by atoms with van der Waals surface area (Å²) in [6.07, 6.45) is 1.93. The third kappa shape index (κ3) is 2.17. The molecule has 2 heterocycles. The lowest BCUT2D eigenvalue weighted by Crippen LogP contribution is -1.95. The van der Waals surface area contributed by atoms with E-state index in [0.29, 0.717) is 6.61 Å². The molecule has 0 unspecified atom stereocenters. The van der Waals surface area contributed by atoms with Gasteiger partial charge in [-0.1, -0.05) is 0 Å². The summed E-state index contributed by atoms with van der Waals surface area (Å²) in [5.74, 6) is 0.878. The SMILES string of the molecule is Cc1nc(COc2ccc3[nH]ccc3c2)cs1. The first-order valence-corrected chi connectivity index (χ1v) is 6.30. The summed E-state index contributed by atoms with van der Waals surface area (Å²) in [4.78, 5) is 7.52. The zero-order chi connectivity index (χ0) is 11.7. The Kier molecular flexibility index (Phi) is 2.57. The Bertz CT molecular complexity index is 641. The van der Waals surface area contributed by atoms with Gasteiger partial charge in [-0.15, -0.1) is 11.3 Å². The summed E-state index contributed by atoms with van der Waals surface area (Å²) < 4.78 is 5.71. The molecule has 0 aliphatic rings. The smallest absolute Gasteiger partial charge is 0.131 e. The molecule has 0 bridgehead atoms. The van der Waals surface area contributed by atoms with Crippen LogP contribution >= 0.6 is 11.3 Å². The lowest BCUT2D eigenvalue weighted by Gasteiger charge is -2.04. The summed E-state index contributed by atoms with van der Waals surface area (Å²) >= 11 is 1.65. The zero-order valence-electron chi connectivity index (χ0n) is 9.43. The van der Waals surface area contributed by atoms with Crippen LogP contribution in [-0.4, -0.2) is 9.97 Å². The van der Waals surface area contributed by atoms with Crippen molar-refractivity contribution in [2.24, 2.45) is 0 Å². The van der Waals surface area contributed by atoms with Crippen LogP contribution < -0.4 is 4.74 Å². The van der Waals surface area contributed by atoms with Crippen LogP contribution in [0.5, 0.6) is 5.75 Å². The molecule has 0 spiro atoms. The Morgan fingerprint density at radius 1 is 1.35 bits per heavy atom. The highest BCUT2D eigenvalue weighted by Gasteiger charge is 2.01. The predicted molar refractivity (Wildman–Crippen MR) is 69.5 cm³/mol. The second kappa shape index (κ2) is 4.22. The predicted octanol–water partition coefficient (Wildman–Crippen LogP) is 3.51. The molecule has 17 heavy (non-hydrogen) atoms. The second-order valence-corrected chi connectivity index (χ2v) is 4.94. The number of benzene rings is 1. The largest absolute Gasteiger partial charge is 0.487 e. The van der Waals surface area contributed by atoms with E-state index in [9.17, 15) is 0 Å². The molecule has 3 rings (SSSR count). The minimum absolute atomic E-state index is 0.528. The molecule has 0 saturated carbocycles. The van der Waals surface area contributed by atoms with Gasteiger partial charge >= 0.3 is 0 Å². The molecule has 2 aromatic heterocycles. The number of thiazole rings is 1. The van der Waals surface area contributed by atoms with Crippen molar-refractivity contribution in [3.05, 3.63) is 46.5 Å². The van der Waals surface area contributed by atoms with Crippen LogP contribution in [0.4, 0.5) is 0 Å². The molecule has 4 heteroatoms. The van der Waals surface area contributed by atoms with Crippen molar-refractivity contribution in [3.63, 3.8) is 0 Å². The molecule has 1 aromatic carbocycles. The van der Waals surface area contributed by atoms with Gasteiger partial charge in [0.05, 0.1) is 10.7 Å². The van der Waals surface area contributed by atoms with Crippen LogP contribution in [-0.2, 0) is 6.61 Å². The highest BCUT2D eigenvalue weighted by molar-refractivity contribution is 7.09. The van der Waals surface area contributed by atoms with E-state index in [-0.39, 0.29) is 0 Å². The van der Waals surface area contributed by atoms with Crippen LogP contribution in [0.3, 0.4) is 0 Å². The molecule has 0 radical (unpaired) electrons. The molecule has 86 valence electrons. The van der Waals surface area contributed by atoms with Gasteiger partial charge < -0.3 is 9.72 Å². The fourth-order valence-electron chi connectivity index (χ4n) is 1.75. The minimum Gasteiger partial charge on any atom is -0.487 e. The van der Waals surface area contributed by atoms with Crippen molar-refractivity contribution < 1.29 is 4.74 Å². The van der Waals surface area contributed by atoms with E-state index in [1.54, 1.807) is 11.3 Å². The third-order valence-corrected chi connectivity index (χ3v) is 3.40. The maximum Gasteiger partial charge on any atom is 0.131 e. The van der Waals surface area contributed by atoms with Gasteiger partial charge in [0.15, 0.2) is 0 Å². The number of aryl methyl sites for hydroxylation is 1. The van der Waals surface area contributed by atoms with Gasteiger partial charge in [-0.25, -0.2) is 4.98 Å². The van der Waals surface area contributed by atoms with Crippen LogP contribution in [0, 0.1) is 6.92 Å². The standard InChI is InChI=1S/C13H12N2OS/c1-9-15-11(8-17-9)7-16-12-2-3-13-10(6-12)4-5-14-13/h2-6,8,14H,7H2,1H3. The van der Waals surface area contributed by atoms with E-state index < -0.39 is 0 Å². The lowest BCUT2D eigenvalue weighted by atomic mass is 10.2. The Morgan fingerprint density at radius 3 is 3.12 bits per heavy atom. The van der Waals surface area contributed by atoms with E-state index in [1.165, 1.54) is 0 Å². The molecule has 0 atom stereocenters. The molecule has 0 fully saturated rings. The summed E-state index contributed by atoms with van der Waals surface area (Å²) in [7, 11) is 0. The van der Waals surface area contributed by atoms with Gasteiger partial charge in [0.25, 0.3) is 0 Å². The number of nitrogens with one attached hydrogen (secondary N) is 1. The van der Waals surface area contributed by atoms with E-state index in [0.717, 1.165) is 27.4 Å².